The van der Waals surface area contributed by atoms with Crippen molar-refractivity contribution in [1.29, 1.82) is 0 Å². The van der Waals surface area contributed by atoms with Gasteiger partial charge in [0.05, 0.1) is 5.56 Å². The highest BCUT2D eigenvalue weighted by Gasteiger charge is 2.16. The van der Waals surface area contributed by atoms with Crippen LogP contribution in [0.1, 0.15) is 15.9 Å². The van der Waals surface area contributed by atoms with Gasteiger partial charge in [0.1, 0.15) is 11.6 Å². The number of phenolic OH excluding ortho intramolecular Hbond substituents is 1. The van der Waals surface area contributed by atoms with Gasteiger partial charge in [-0.25, -0.2) is 4.39 Å². The Morgan fingerprint density at radius 1 is 1.14 bits per heavy atom. The van der Waals surface area contributed by atoms with Gasteiger partial charge in [-0.3, -0.25) is 9.78 Å². The van der Waals surface area contributed by atoms with Crippen LogP contribution in [0, 0.1) is 5.82 Å². The molecule has 0 atom stereocenters. The van der Waals surface area contributed by atoms with E-state index >= 15 is 0 Å². The third kappa shape index (κ3) is 2.53. The second-order valence-electron chi connectivity index (χ2n) is 4.53. The first kappa shape index (κ1) is 13.1. The summed E-state index contributed by atoms with van der Waals surface area (Å²) in [4.78, 5) is 19.2. The molecule has 0 saturated carbocycles. The molecule has 0 amide bonds. The Hall–Kier alpha value is -2.95. The summed E-state index contributed by atoms with van der Waals surface area (Å²) in [6.07, 6.45) is 4.83. The number of phenols is 1. The van der Waals surface area contributed by atoms with Crippen molar-refractivity contribution in [2.24, 2.45) is 0 Å². The summed E-state index contributed by atoms with van der Waals surface area (Å²) < 4.78 is 13.2. The highest BCUT2D eigenvalue weighted by molar-refractivity contribution is 6.11. The van der Waals surface area contributed by atoms with Gasteiger partial charge in [-0.05, 0) is 36.4 Å². The number of ketones is 1. The van der Waals surface area contributed by atoms with Crippen molar-refractivity contribution >= 4 is 5.78 Å². The van der Waals surface area contributed by atoms with Crippen LogP contribution in [0.25, 0.3) is 11.3 Å². The van der Waals surface area contributed by atoms with Crippen LogP contribution < -0.4 is 0 Å². The van der Waals surface area contributed by atoms with Crippen LogP contribution in [0.3, 0.4) is 0 Å². The molecule has 0 fully saturated rings. The van der Waals surface area contributed by atoms with E-state index in [-0.39, 0.29) is 11.3 Å². The lowest BCUT2D eigenvalue weighted by Crippen LogP contribution is -2.00. The summed E-state index contributed by atoms with van der Waals surface area (Å²) in [5.74, 6) is -1.25. The minimum Gasteiger partial charge on any atom is -0.507 e. The number of aromatic nitrogens is 2. The number of H-pyrrole nitrogens is 1. The van der Waals surface area contributed by atoms with E-state index in [9.17, 15) is 14.3 Å². The van der Waals surface area contributed by atoms with Crippen LogP contribution in [-0.2, 0) is 0 Å². The number of hydrogen-bond donors (Lipinski definition) is 2. The molecular formula is C16H11FN2O2. The first-order valence-corrected chi connectivity index (χ1v) is 6.27. The number of hydrogen-bond acceptors (Lipinski definition) is 3. The molecule has 2 N–H and O–H groups in total. The fraction of sp³-hybridized carbons (Fsp3) is 0. The maximum absolute atomic E-state index is 13.2. The third-order valence-corrected chi connectivity index (χ3v) is 3.14. The molecule has 104 valence electrons. The SMILES string of the molecule is O=C(c1c[nH]c(-c2ccncc2)c1)c1cc(F)ccc1O. The Morgan fingerprint density at radius 2 is 1.90 bits per heavy atom. The first-order valence-electron chi connectivity index (χ1n) is 6.27. The predicted molar refractivity (Wildman–Crippen MR) is 75.5 cm³/mol. The molecule has 0 aliphatic rings. The van der Waals surface area contributed by atoms with E-state index in [1.807, 2.05) is 0 Å². The quantitative estimate of drug-likeness (QED) is 0.725. The Balaban J connectivity index is 1.96. The lowest BCUT2D eigenvalue weighted by Gasteiger charge is -2.02. The Bertz CT molecular complexity index is 797. The largest absolute Gasteiger partial charge is 0.507 e. The smallest absolute Gasteiger partial charge is 0.198 e. The van der Waals surface area contributed by atoms with Crippen LogP contribution in [0.5, 0.6) is 5.75 Å². The molecule has 2 heterocycles. The molecule has 0 aliphatic carbocycles. The van der Waals surface area contributed by atoms with Gasteiger partial charge in [-0.1, -0.05) is 0 Å². The number of rotatable bonds is 3. The zero-order chi connectivity index (χ0) is 14.8. The van der Waals surface area contributed by atoms with E-state index in [0.29, 0.717) is 5.56 Å². The van der Waals surface area contributed by atoms with Crippen molar-refractivity contribution < 1.29 is 14.3 Å². The number of nitrogens with zero attached hydrogens (tertiary/aromatic N) is 1. The van der Waals surface area contributed by atoms with Crippen LogP contribution in [0.4, 0.5) is 4.39 Å². The van der Waals surface area contributed by atoms with Crippen molar-refractivity contribution in [2.75, 3.05) is 0 Å². The lowest BCUT2D eigenvalue weighted by molar-refractivity contribution is 0.103. The number of pyridine rings is 1. The number of benzene rings is 1. The number of nitrogens with one attached hydrogen (secondary N) is 1. The van der Waals surface area contributed by atoms with Gasteiger partial charge in [0.25, 0.3) is 0 Å². The van der Waals surface area contributed by atoms with E-state index in [0.717, 1.165) is 23.4 Å². The lowest BCUT2D eigenvalue weighted by atomic mass is 10.0. The Labute approximate surface area is 119 Å². The van der Waals surface area contributed by atoms with E-state index in [4.69, 9.17) is 0 Å². The minimum absolute atomic E-state index is 0.0599. The van der Waals surface area contributed by atoms with Crippen molar-refractivity contribution in [3.05, 3.63) is 71.9 Å². The summed E-state index contributed by atoms with van der Waals surface area (Å²) in [6.45, 7) is 0. The molecule has 3 aromatic rings. The summed E-state index contributed by atoms with van der Waals surface area (Å²) in [5, 5.41) is 9.68. The molecule has 2 aromatic heterocycles. The molecule has 0 spiro atoms. The van der Waals surface area contributed by atoms with Crippen LogP contribution >= 0.6 is 0 Å². The summed E-state index contributed by atoms with van der Waals surface area (Å²) in [5.41, 5.74) is 1.92. The van der Waals surface area contributed by atoms with Gasteiger partial charge in [0, 0.05) is 35.4 Å². The maximum Gasteiger partial charge on any atom is 0.198 e. The van der Waals surface area contributed by atoms with E-state index in [1.54, 1.807) is 30.6 Å². The number of carbonyl (C=O) groups is 1. The van der Waals surface area contributed by atoms with Crippen LogP contribution in [-0.4, -0.2) is 20.9 Å². The van der Waals surface area contributed by atoms with Gasteiger partial charge in [0.15, 0.2) is 5.78 Å². The standard InChI is InChI=1S/C16H11FN2O2/c17-12-1-2-15(20)13(8-12)16(21)11-7-14(19-9-11)10-3-5-18-6-4-10/h1-9,19-20H. The van der Waals surface area contributed by atoms with Crippen molar-refractivity contribution in [1.82, 2.24) is 9.97 Å². The van der Waals surface area contributed by atoms with Gasteiger partial charge >= 0.3 is 0 Å². The van der Waals surface area contributed by atoms with Gasteiger partial charge in [-0.15, -0.1) is 0 Å². The molecule has 21 heavy (non-hydrogen) atoms. The molecule has 0 saturated heterocycles. The summed E-state index contributed by atoms with van der Waals surface area (Å²) in [7, 11) is 0. The average molecular weight is 282 g/mol. The number of carbonyl (C=O) groups excluding carboxylic acids is 1. The zero-order valence-electron chi connectivity index (χ0n) is 10.9. The van der Waals surface area contributed by atoms with Crippen LogP contribution in [0.15, 0.2) is 55.0 Å². The maximum atomic E-state index is 13.2. The second kappa shape index (κ2) is 5.20. The zero-order valence-corrected chi connectivity index (χ0v) is 10.9. The molecule has 0 unspecified atom stereocenters. The van der Waals surface area contributed by atoms with E-state index in [1.165, 1.54) is 12.3 Å². The summed E-state index contributed by atoms with van der Waals surface area (Å²) >= 11 is 0. The van der Waals surface area contributed by atoms with E-state index < -0.39 is 11.6 Å². The first-order chi connectivity index (χ1) is 10.1. The van der Waals surface area contributed by atoms with Gasteiger partial charge in [0.2, 0.25) is 0 Å². The normalized spacial score (nSPS) is 10.5. The highest BCUT2D eigenvalue weighted by Crippen LogP contribution is 2.24. The fourth-order valence-electron chi connectivity index (χ4n) is 2.07. The highest BCUT2D eigenvalue weighted by atomic mass is 19.1. The van der Waals surface area contributed by atoms with Crippen molar-refractivity contribution in [3.63, 3.8) is 0 Å². The molecular weight excluding hydrogens is 271 g/mol. The molecule has 0 bridgehead atoms. The predicted octanol–water partition coefficient (Wildman–Crippen LogP) is 3.15. The molecule has 3 rings (SSSR count). The minimum atomic E-state index is -0.568. The number of halogens is 1. The fourth-order valence-corrected chi connectivity index (χ4v) is 2.07. The second-order valence-corrected chi connectivity index (χ2v) is 4.53. The molecule has 5 heteroatoms. The average Bonchev–Trinajstić information content (AvgIpc) is 3.00. The number of aromatic hydroxyl groups is 1. The van der Waals surface area contributed by atoms with Crippen LogP contribution in [0.2, 0.25) is 0 Å². The van der Waals surface area contributed by atoms with E-state index in [2.05, 4.69) is 9.97 Å². The topological polar surface area (TPSA) is 66.0 Å². The molecule has 4 nitrogen and oxygen atoms in total. The van der Waals surface area contributed by atoms with Gasteiger partial charge in [-0.2, -0.15) is 0 Å². The molecule has 0 aliphatic heterocycles. The Morgan fingerprint density at radius 3 is 2.67 bits per heavy atom. The van der Waals surface area contributed by atoms with Crippen molar-refractivity contribution in [3.8, 4) is 17.0 Å². The number of aromatic amines is 1. The molecule has 1 aromatic carbocycles. The third-order valence-electron chi connectivity index (χ3n) is 3.14. The van der Waals surface area contributed by atoms with Gasteiger partial charge < -0.3 is 10.1 Å². The Kier molecular flexibility index (Phi) is 3.23. The monoisotopic (exact) mass is 282 g/mol. The summed E-state index contributed by atoms with van der Waals surface area (Å²) in [6, 6.07) is 8.56. The van der Waals surface area contributed by atoms with Crippen molar-refractivity contribution in [2.45, 2.75) is 0 Å². The molecule has 0 radical (unpaired) electrons.